The quantitative estimate of drug-likeness (QED) is 0.411. The topological polar surface area (TPSA) is 43.4 Å². The van der Waals surface area contributed by atoms with Crippen molar-refractivity contribution in [3.63, 3.8) is 0 Å². The van der Waals surface area contributed by atoms with E-state index >= 15 is 0 Å². The highest BCUT2D eigenvalue weighted by molar-refractivity contribution is 9.09. The first-order valence-corrected chi connectivity index (χ1v) is 5.90. The Bertz CT molecular complexity index is 314. The minimum absolute atomic E-state index is 0.121. The van der Waals surface area contributed by atoms with Gasteiger partial charge in [-0.05, 0) is 19.8 Å². The summed E-state index contributed by atoms with van der Waals surface area (Å²) in [7, 11) is 0. The SMILES string of the molecule is C[C@@]12CC[C@@H](C(=O)OC1=O)[C@@]2(C)CBr. The average molecular weight is 261 g/mol. The van der Waals surface area contributed by atoms with Gasteiger partial charge >= 0.3 is 11.9 Å². The highest BCUT2D eigenvalue weighted by Gasteiger charge is 2.65. The largest absolute Gasteiger partial charge is 0.392 e. The lowest BCUT2D eigenvalue weighted by Gasteiger charge is -2.43. The van der Waals surface area contributed by atoms with Crippen LogP contribution in [0.2, 0.25) is 0 Å². The van der Waals surface area contributed by atoms with Gasteiger partial charge in [-0.25, -0.2) is 0 Å². The van der Waals surface area contributed by atoms with E-state index < -0.39 is 5.41 Å². The Morgan fingerprint density at radius 2 is 2.14 bits per heavy atom. The molecule has 2 bridgehead atoms. The van der Waals surface area contributed by atoms with Crippen LogP contribution in [-0.4, -0.2) is 17.3 Å². The zero-order chi connectivity index (χ0) is 10.6. The molecule has 78 valence electrons. The molecule has 0 radical (unpaired) electrons. The van der Waals surface area contributed by atoms with Gasteiger partial charge in [0.2, 0.25) is 0 Å². The second-order valence-corrected chi connectivity index (χ2v) is 5.24. The monoisotopic (exact) mass is 260 g/mol. The van der Waals surface area contributed by atoms with Crippen molar-refractivity contribution in [2.75, 3.05) is 5.33 Å². The van der Waals surface area contributed by atoms with Crippen LogP contribution in [0.3, 0.4) is 0 Å². The molecule has 14 heavy (non-hydrogen) atoms. The molecule has 1 saturated carbocycles. The van der Waals surface area contributed by atoms with E-state index in [1.54, 1.807) is 0 Å². The molecule has 3 nitrogen and oxygen atoms in total. The molecular weight excluding hydrogens is 248 g/mol. The Morgan fingerprint density at radius 3 is 2.71 bits per heavy atom. The number of cyclic esters (lactones) is 2. The maximum atomic E-state index is 11.7. The predicted octanol–water partition coefficient (Wildman–Crippen LogP) is 1.89. The van der Waals surface area contributed by atoms with Gasteiger partial charge in [0.1, 0.15) is 0 Å². The minimum atomic E-state index is -0.491. The summed E-state index contributed by atoms with van der Waals surface area (Å²) in [6.45, 7) is 3.90. The number of alkyl halides is 1. The molecule has 3 atom stereocenters. The third kappa shape index (κ3) is 0.926. The van der Waals surface area contributed by atoms with Crippen molar-refractivity contribution in [1.29, 1.82) is 0 Å². The molecule has 0 aromatic rings. The molecule has 1 aliphatic carbocycles. The molecule has 0 N–H and O–H groups in total. The molecule has 2 fully saturated rings. The van der Waals surface area contributed by atoms with Crippen LogP contribution in [0, 0.1) is 16.7 Å². The summed E-state index contributed by atoms with van der Waals surface area (Å²) in [6.07, 6.45) is 1.52. The van der Waals surface area contributed by atoms with Crippen molar-refractivity contribution in [1.82, 2.24) is 0 Å². The molecule has 0 aromatic heterocycles. The van der Waals surface area contributed by atoms with Gasteiger partial charge in [-0.3, -0.25) is 9.59 Å². The number of carbonyl (C=O) groups excluding carboxylic acids is 2. The first-order valence-electron chi connectivity index (χ1n) is 4.78. The number of esters is 2. The van der Waals surface area contributed by atoms with E-state index in [2.05, 4.69) is 15.9 Å². The van der Waals surface area contributed by atoms with Crippen LogP contribution in [0.25, 0.3) is 0 Å². The van der Waals surface area contributed by atoms with E-state index in [1.165, 1.54) is 0 Å². The summed E-state index contributed by atoms with van der Waals surface area (Å²) < 4.78 is 4.77. The summed E-state index contributed by atoms with van der Waals surface area (Å²) in [4.78, 5) is 23.2. The van der Waals surface area contributed by atoms with Gasteiger partial charge in [0.15, 0.2) is 0 Å². The van der Waals surface area contributed by atoms with Crippen molar-refractivity contribution < 1.29 is 14.3 Å². The molecular formula is C10H13BrO3. The number of hydrogen-bond acceptors (Lipinski definition) is 3. The molecule has 1 saturated heterocycles. The maximum Gasteiger partial charge on any atom is 0.320 e. The average Bonchev–Trinajstić information content (AvgIpc) is 2.34. The molecule has 0 unspecified atom stereocenters. The normalized spacial score (nSPS) is 46.6. The summed E-state index contributed by atoms with van der Waals surface area (Å²) in [6, 6.07) is 0. The molecule has 0 aromatic carbocycles. The van der Waals surface area contributed by atoms with Crippen LogP contribution in [0.5, 0.6) is 0 Å². The molecule has 0 spiro atoms. The smallest absolute Gasteiger partial charge is 0.320 e. The fourth-order valence-electron chi connectivity index (χ4n) is 2.65. The summed E-state index contributed by atoms with van der Waals surface area (Å²) in [5.74, 6) is -0.810. The Balaban J connectivity index is 2.51. The van der Waals surface area contributed by atoms with Gasteiger partial charge in [0, 0.05) is 10.7 Å². The minimum Gasteiger partial charge on any atom is -0.392 e. The zero-order valence-corrected chi connectivity index (χ0v) is 9.89. The standard InChI is InChI=1S/C10H13BrO3/c1-9-4-3-6(10(9,2)5-11)7(12)14-8(9)13/h6H,3-5H2,1-2H3/t6-,9+,10+/m0/s1. The Hall–Kier alpha value is -0.380. The second kappa shape index (κ2) is 2.81. The van der Waals surface area contributed by atoms with Crippen molar-refractivity contribution >= 4 is 27.9 Å². The van der Waals surface area contributed by atoms with Crippen LogP contribution in [0.15, 0.2) is 0 Å². The fourth-order valence-corrected chi connectivity index (χ4v) is 3.66. The summed E-state index contributed by atoms with van der Waals surface area (Å²) in [5, 5.41) is 0.669. The number of halogens is 1. The maximum absolute atomic E-state index is 11.7. The zero-order valence-electron chi connectivity index (χ0n) is 8.30. The first-order chi connectivity index (χ1) is 6.45. The second-order valence-electron chi connectivity index (χ2n) is 4.68. The molecule has 4 heteroatoms. The third-order valence-corrected chi connectivity index (χ3v) is 5.33. The number of fused-ring (bicyclic) bond motifs is 2. The lowest BCUT2D eigenvalue weighted by Crippen LogP contribution is -2.52. The molecule has 1 heterocycles. The van der Waals surface area contributed by atoms with Gasteiger partial charge in [0.05, 0.1) is 11.3 Å². The van der Waals surface area contributed by atoms with Crippen molar-refractivity contribution in [3.05, 3.63) is 0 Å². The fraction of sp³-hybridized carbons (Fsp3) is 0.800. The van der Waals surface area contributed by atoms with Gasteiger partial charge in [-0.2, -0.15) is 0 Å². The van der Waals surface area contributed by atoms with E-state index in [4.69, 9.17) is 4.74 Å². The van der Waals surface area contributed by atoms with E-state index in [1.807, 2.05) is 13.8 Å². The molecule has 1 aliphatic heterocycles. The highest BCUT2D eigenvalue weighted by atomic mass is 79.9. The summed E-state index contributed by atoms with van der Waals surface area (Å²) >= 11 is 3.42. The number of carbonyl (C=O) groups is 2. The van der Waals surface area contributed by atoms with E-state index in [0.717, 1.165) is 12.8 Å². The van der Waals surface area contributed by atoms with Crippen molar-refractivity contribution in [3.8, 4) is 0 Å². The van der Waals surface area contributed by atoms with E-state index in [-0.39, 0.29) is 23.3 Å². The van der Waals surface area contributed by atoms with Gasteiger partial charge in [0.25, 0.3) is 0 Å². The molecule has 0 amide bonds. The lowest BCUT2D eigenvalue weighted by atomic mass is 9.64. The third-order valence-electron chi connectivity index (χ3n) is 4.17. The van der Waals surface area contributed by atoms with Gasteiger partial charge in [-0.15, -0.1) is 0 Å². The van der Waals surface area contributed by atoms with Crippen LogP contribution in [0.1, 0.15) is 26.7 Å². The Morgan fingerprint density at radius 1 is 1.50 bits per heavy atom. The number of hydrogen-bond donors (Lipinski definition) is 0. The first kappa shape index (κ1) is 10.1. The molecule has 2 rings (SSSR count). The van der Waals surface area contributed by atoms with Crippen LogP contribution >= 0.6 is 15.9 Å². The van der Waals surface area contributed by atoms with Crippen LogP contribution < -0.4 is 0 Å². The van der Waals surface area contributed by atoms with Crippen molar-refractivity contribution in [2.45, 2.75) is 26.7 Å². The van der Waals surface area contributed by atoms with Crippen LogP contribution in [-0.2, 0) is 14.3 Å². The molecule has 2 aliphatic rings. The predicted molar refractivity (Wildman–Crippen MR) is 53.8 cm³/mol. The van der Waals surface area contributed by atoms with E-state index in [9.17, 15) is 9.59 Å². The van der Waals surface area contributed by atoms with Gasteiger partial charge < -0.3 is 4.74 Å². The number of ether oxygens (including phenoxy) is 1. The van der Waals surface area contributed by atoms with Crippen LogP contribution in [0.4, 0.5) is 0 Å². The number of rotatable bonds is 1. The summed E-state index contributed by atoms with van der Waals surface area (Å²) in [5.41, 5.74) is -0.769. The van der Waals surface area contributed by atoms with Gasteiger partial charge in [-0.1, -0.05) is 22.9 Å². The van der Waals surface area contributed by atoms with E-state index in [0.29, 0.717) is 5.33 Å². The Kier molecular flexibility index (Phi) is 2.04. The van der Waals surface area contributed by atoms with Crippen molar-refractivity contribution in [2.24, 2.45) is 16.7 Å². The highest BCUT2D eigenvalue weighted by Crippen LogP contribution is 2.60. The Labute approximate surface area is 91.3 Å². The lowest BCUT2D eigenvalue weighted by molar-refractivity contribution is -0.184.